The number of hydrogen-bond donors (Lipinski definition) is 2. The molecule has 0 aliphatic rings. The lowest BCUT2D eigenvalue weighted by Gasteiger charge is -2.06. The summed E-state index contributed by atoms with van der Waals surface area (Å²) in [5.41, 5.74) is 8.31. The average Bonchev–Trinajstić information content (AvgIpc) is 2.80. The Morgan fingerprint density at radius 1 is 1.24 bits per heavy atom. The second-order valence-corrected chi connectivity index (χ2v) is 4.30. The van der Waals surface area contributed by atoms with Crippen LogP contribution in [0.1, 0.15) is 30.5 Å². The number of nitrogens with zero attached hydrogens (tertiary/aromatic N) is 1. The van der Waals surface area contributed by atoms with E-state index in [4.69, 9.17) is 5.73 Å². The molecule has 0 spiro atoms. The molecule has 1 aromatic heterocycles. The van der Waals surface area contributed by atoms with Gasteiger partial charge in [0, 0.05) is 25.0 Å². The Kier molecular flexibility index (Phi) is 3.49. The Morgan fingerprint density at radius 2 is 1.94 bits per heavy atom. The van der Waals surface area contributed by atoms with Gasteiger partial charge in [0.25, 0.3) is 0 Å². The molecule has 3 nitrogen and oxygen atoms in total. The quantitative estimate of drug-likeness (QED) is 0.848. The van der Waals surface area contributed by atoms with E-state index >= 15 is 0 Å². The van der Waals surface area contributed by atoms with Gasteiger partial charge in [0.1, 0.15) is 5.75 Å². The predicted molar refractivity (Wildman–Crippen MR) is 68.9 cm³/mol. The van der Waals surface area contributed by atoms with Crippen molar-refractivity contribution >= 4 is 0 Å². The highest BCUT2D eigenvalue weighted by Gasteiger charge is 2.05. The van der Waals surface area contributed by atoms with Gasteiger partial charge in [-0.15, -0.1) is 0 Å². The molecule has 1 heterocycles. The van der Waals surface area contributed by atoms with Gasteiger partial charge in [0.15, 0.2) is 0 Å². The van der Waals surface area contributed by atoms with Crippen LogP contribution < -0.4 is 5.73 Å². The molecule has 2 rings (SSSR count). The molecule has 3 N–H and O–H groups in total. The first-order chi connectivity index (χ1) is 8.19. The van der Waals surface area contributed by atoms with Crippen LogP contribution in [0.3, 0.4) is 0 Å². The van der Waals surface area contributed by atoms with Gasteiger partial charge in [-0.2, -0.15) is 0 Å². The standard InChI is InChI=1S/C14H18N2O/c1-2-14(15)12-7-8-16(10-12)9-11-3-5-13(17)6-4-11/h3-8,10,14,17H,2,9,15H2,1H3. The third kappa shape index (κ3) is 2.88. The van der Waals surface area contributed by atoms with Crippen LogP contribution in [0.4, 0.5) is 0 Å². The molecule has 0 aliphatic heterocycles. The van der Waals surface area contributed by atoms with Crippen LogP contribution in [-0.2, 0) is 6.54 Å². The summed E-state index contributed by atoms with van der Waals surface area (Å²) in [5.74, 6) is 0.301. The molecule has 0 radical (unpaired) electrons. The van der Waals surface area contributed by atoms with Crippen LogP contribution in [0, 0.1) is 0 Å². The van der Waals surface area contributed by atoms with Crippen molar-refractivity contribution in [3.05, 3.63) is 53.9 Å². The first-order valence-electron chi connectivity index (χ1n) is 5.88. The third-order valence-corrected chi connectivity index (χ3v) is 2.94. The Bertz CT molecular complexity index is 473. The molecule has 1 aromatic carbocycles. The average molecular weight is 230 g/mol. The van der Waals surface area contributed by atoms with Crippen molar-refractivity contribution in [2.75, 3.05) is 0 Å². The molecule has 0 aliphatic carbocycles. The maximum Gasteiger partial charge on any atom is 0.115 e. The normalized spacial score (nSPS) is 12.6. The molecule has 0 fully saturated rings. The van der Waals surface area contributed by atoms with E-state index in [9.17, 15) is 5.11 Å². The van der Waals surface area contributed by atoms with E-state index in [0.29, 0.717) is 5.75 Å². The minimum Gasteiger partial charge on any atom is -0.508 e. The number of phenolic OH excluding ortho intramolecular Hbond substituents is 1. The summed E-state index contributed by atoms with van der Waals surface area (Å²) in [6.45, 7) is 2.89. The highest BCUT2D eigenvalue weighted by molar-refractivity contribution is 5.26. The lowest BCUT2D eigenvalue weighted by molar-refractivity contribution is 0.475. The molecule has 0 amide bonds. The van der Waals surface area contributed by atoms with Crippen molar-refractivity contribution in [1.29, 1.82) is 0 Å². The number of rotatable bonds is 4. The number of nitrogens with two attached hydrogens (primary N) is 1. The lowest BCUT2D eigenvalue weighted by atomic mass is 10.1. The smallest absolute Gasteiger partial charge is 0.115 e. The lowest BCUT2D eigenvalue weighted by Crippen LogP contribution is -2.07. The van der Waals surface area contributed by atoms with Gasteiger partial charge in [-0.25, -0.2) is 0 Å². The number of aromatic nitrogens is 1. The van der Waals surface area contributed by atoms with Crippen LogP contribution in [0.25, 0.3) is 0 Å². The van der Waals surface area contributed by atoms with E-state index in [1.165, 1.54) is 5.56 Å². The fourth-order valence-electron chi connectivity index (χ4n) is 1.82. The monoisotopic (exact) mass is 230 g/mol. The second kappa shape index (κ2) is 5.06. The Hall–Kier alpha value is -1.74. The number of aromatic hydroxyl groups is 1. The zero-order chi connectivity index (χ0) is 12.3. The number of hydrogen-bond acceptors (Lipinski definition) is 2. The Morgan fingerprint density at radius 3 is 2.59 bits per heavy atom. The molecule has 0 bridgehead atoms. The molecule has 1 unspecified atom stereocenters. The highest BCUT2D eigenvalue weighted by Crippen LogP contribution is 2.16. The van der Waals surface area contributed by atoms with Crippen LogP contribution >= 0.6 is 0 Å². The van der Waals surface area contributed by atoms with Gasteiger partial charge in [0.2, 0.25) is 0 Å². The molecular weight excluding hydrogens is 212 g/mol. The van der Waals surface area contributed by atoms with E-state index < -0.39 is 0 Å². The molecule has 17 heavy (non-hydrogen) atoms. The Labute approximate surface area is 102 Å². The summed E-state index contributed by atoms with van der Waals surface area (Å²) in [6.07, 6.45) is 5.07. The van der Waals surface area contributed by atoms with E-state index in [1.54, 1.807) is 12.1 Å². The van der Waals surface area contributed by atoms with Crippen LogP contribution in [0.2, 0.25) is 0 Å². The molecule has 0 saturated carbocycles. The number of benzene rings is 1. The Balaban J connectivity index is 2.08. The van der Waals surface area contributed by atoms with Crippen molar-refractivity contribution in [3.63, 3.8) is 0 Å². The van der Waals surface area contributed by atoms with Crippen molar-refractivity contribution in [1.82, 2.24) is 4.57 Å². The minimum atomic E-state index is 0.121. The van der Waals surface area contributed by atoms with E-state index in [-0.39, 0.29) is 6.04 Å². The third-order valence-electron chi connectivity index (χ3n) is 2.94. The fourth-order valence-corrected chi connectivity index (χ4v) is 1.82. The summed E-state index contributed by atoms with van der Waals surface area (Å²) < 4.78 is 2.11. The minimum absolute atomic E-state index is 0.121. The summed E-state index contributed by atoms with van der Waals surface area (Å²) in [6, 6.07) is 9.45. The number of phenols is 1. The zero-order valence-electron chi connectivity index (χ0n) is 10.0. The van der Waals surface area contributed by atoms with Gasteiger partial charge >= 0.3 is 0 Å². The summed E-state index contributed by atoms with van der Waals surface area (Å²) in [4.78, 5) is 0. The predicted octanol–water partition coefficient (Wildman–Crippen LogP) is 2.65. The van der Waals surface area contributed by atoms with E-state index in [2.05, 4.69) is 23.8 Å². The maximum atomic E-state index is 9.21. The van der Waals surface area contributed by atoms with Crippen LogP contribution in [0.15, 0.2) is 42.7 Å². The molecule has 1 atom stereocenters. The maximum absolute atomic E-state index is 9.21. The molecule has 3 heteroatoms. The van der Waals surface area contributed by atoms with Gasteiger partial charge in [0.05, 0.1) is 0 Å². The SMILES string of the molecule is CCC(N)c1ccn(Cc2ccc(O)cc2)c1. The van der Waals surface area contributed by atoms with Crippen molar-refractivity contribution < 1.29 is 5.11 Å². The summed E-state index contributed by atoms with van der Waals surface area (Å²) >= 11 is 0. The first-order valence-corrected chi connectivity index (χ1v) is 5.88. The van der Waals surface area contributed by atoms with Crippen LogP contribution in [-0.4, -0.2) is 9.67 Å². The van der Waals surface area contributed by atoms with Gasteiger partial charge in [-0.3, -0.25) is 0 Å². The zero-order valence-corrected chi connectivity index (χ0v) is 10.0. The molecular formula is C14H18N2O. The van der Waals surface area contributed by atoms with Crippen LogP contribution in [0.5, 0.6) is 5.75 Å². The summed E-state index contributed by atoms with van der Waals surface area (Å²) in [5, 5.41) is 9.21. The topological polar surface area (TPSA) is 51.2 Å². The second-order valence-electron chi connectivity index (χ2n) is 4.30. The highest BCUT2D eigenvalue weighted by atomic mass is 16.3. The molecule has 0 saturated heterocycles. The van der Waals surface area contributed by atoms with Crippen molar-refractivity contribution in [2.24, 2.45) is 5.73 Å². The van der Waals surface area contributed by atoms with Gasteiger partial charge in [-0.1, -0.05) is 19.1 Å². The fraction of sp³-hybridized carbons (Fsp3) is 0.286. The molecule has 90 valence electrons. The summed E-state index contributed by atoms with van der Waals surface area (Å²) in [7, 11) is 0. The van der Waals surface area contributed by atoms with Crippen molar-refractivity contribution in [2.45, 2.75) is 25.9 Å². The van der Waals surface area contributed by atoms with Gasteiger partial charge in [-0.05, 0) is 35.7 Å². The van der Waals surface area contributed by atoms with Crippen molar-refractivity contribution in [3.8, 4) is 5.75 Å². The van der Waals surface area contributed by atoms with Gasteiger partial charge < -0.3 is 15.4 Å². The largest absolute Gasteiger partial charge is 0.508 e. The van der Waals surface area contributed by atoms with E-state index in [1.807, 2.05) is 18.3 Å². The van der Waals surface area contributed by atoms with E-state index in [0.717, 1.165) is 18.5 Å². The molecule has 2 aromatic rings. The first kappa shape index (κ1) is 11.7.